The number of furan rings is 1. The summed E-state index contributed by atoms with van der Waals surface area (Å²) >= 11 is 0. The molecule has 1 aromatic rings. The van der Waals surface area contributed by atoms with E-state index in [1.165, 1.54) is 43.9 Å². The van der Waals surface area contributed by atoms with Crippen molar-refractivity contribution in [1.29, 1.82) is 0 Å². The molecule has 4 rings (SSSR count). The number of ketones is 2. The van der Waals surface area contributed by atoms with Crippen molar-refractivity contribution in [3.63, 3.8) is 0 Å². The van der Waals surface area contributed by atoms with Crippen LogP contribution in [-0.4, -0.2) is 59.1 Å². The standard InChI is InChI=1S/C27H32O9/c1-15(28)18-9-11-25(4,21(31)16-10-12-34-14-16)27(22(36-27)23(32)33-6)26(18,5)19(29)13-17-7-8-20(30)35-24(17,2)3/h7-8,10,12-15,18,22,28H,9,11H2,1-6H3. The van der Waals surface area contributed by atoms with Gasteiger partial charge in [0.05, 0.1) is 35.9 Å². The SMILES string of the molecule is COC(=O)C1OC12C(C)(C(=O)c1ccoc1)CCC(C(C)O)C2(C)C(=O)C=C1C=CC(=O)OC1(C)C. The molecule has 3 heterocycles. The van der Waals surface area contributed by atoms with Crippen molar-refractivity contribution in [2.45, 2.75) is 70.9 Å². The fraction of sp³-hybridized carbons (Fsp3) is 0.556. The summed E-state index contributed by atoms with van der Waals surface area (Å²) in [6.07, 6.45) is 5.27. The molecule has 194 valence electrons. The fourth-order valence-electron chi connectivity index (χ4n) is 6.35. The van der Waals surface area contributed by atoms with Crippen LogP contribution in [0.1, 0.15) is 57.8 Å². The van der Waals surface area contributed by atoms with Crippen LogP contribution in [0.5, 0.6) is 0 Å². The summed E-state index contributed by atoms with van der Waals surface area (Å²) in [7, 11) is 1.22. The minimum atomic E-state index is -1.59. The van der Waals surface area contributed by atoms with Crippen LogP contribution < -0.4 is 0 Å². The number of hydrogen-bond acceptors (Lipinski definition) is 9. The Morgan fingerprint density at radius 2 is 1.89 bits per heavy atom. The van der Waals surface area contributed by atoms with Crippen LogP contribution in [0, 0.1) is 16.7 Å². The molecular formula is C27H32O9. The highest BCUT2D eigenvalue weighted by Gasteiger charge is 2.84. The number of carbonyl (C=O) groups is 4. The molecule has 1 N–H and O–H groups in total. The third kappa shape index (κ3) is 3.51. The molecule has 3 aliphatic rings. The molecule has 0 bridgehead atoms. The Balaban J connectivity index is 1.91. The first-order valence-corrected chi connectivity index (χ1v) is 11.9. The summed E-state index contributed by atoms with van der Waals surface area (Å²) in [5.41, 5.74) is -4.75. The van der Waals surface area contributed by atoms with Crippen LogP contribution in [-0.2, 0) is 28.6 Å². The van der Waals surface area contributed by atoms with Gasteiger partial charge in [-0.15, -0.1) is 0 Å². The zero-order valence-electron chi connectivity index (χ0n) is 21.3. The Kier molecular flexibility index (Phi) is 6.16. The number of carbonyl (C=O) groups excluding carboxylic acids is 4. The van der Waals surface area contributed by atoms with Gasteiger partial charge in [0.1, 0.15) is 17.5 Å². The second kappa shape index (κ2) is 8.52. The van der Waals surface area contributed by atoms with Crippen molar-refractivity contribution in [2.75, 3.05) is 7.11 Å². The Labute approximate surface area is 209 Å². The highest BCUT2D eigenvalue weighted by Crippen LogP contribution is 2.70. The van der Waals surface area contributed by atoms with Crippen molar-refractivity contribution in [2.24, 2.45) is 16.7 Å². The first kappa shape index (κ1) is 26.0. The lowest BCUT2D eigenvalue weighted by atomic mass is 9.46. The Bertz CT molecular complexity index is 1160. The van der Waals surface area contributed by atoms with Gasteiger partial charge in [0.15, 0.2) is 17.7 Å². The second-order valence-corrected chi connectivity index (χ2v) is 10.7. The molecule has 2 aliphatic heterocycles. The topological polar surface area (TPSA) is 133 Å². The van der Waals surface area contributed by atoms with Gasteiger partial charge in [-0.2, -0.15) is 0 Å². The maximum atomic E-state index is 14.3. The highest BCUT2D eigenvalue weighted by atomic mass is 16.7. The van der Waals surface area contributed by atoms with Crippen LogP contribution in [0.25, 0.3) is 0 Å². The predicted octanol–water partition coefficient (Wildman–Crippen LogP) is 2.96. The van der Waals surface area contributed by atoms with E-state index in [-0.39, 0.29) is 12.2 Å². The van der Waals surface area contributed by atoms with E-state index in [4.69, 9.17) is 18.6 Å². The number of aliphatic hydroxyl groups excluding tert-OH is 1. The summed E-state index contributed by atoms with van der Waals surface area (Å²) in [4.78, 5) is 52.7. The third-order valence-electron chi connectivity index (χ3n) is 8.43. The number of epoxide rings is 1. The molecule has 9 heteroatoms. The van der Waals surface area contributed by atoms with E-state index in [0.29, 0.717) is 17.6 Å². The van der Waals surface area contributed by atoms with E-state index in [2.05, 4.69) is 0 Å². The van der Waals surface area contributed by atoms with Crippen molar-refractivity contribution < 1.29 is 42.9 Å². The van der Waals surface area contributed by atoms with E-state index in [9.17, 15) is 24.3 Å². The molecule has 1 saturated carbocycles. The van der Waals surface area contributed by atoms with Crippen molar-refractivity contribution >= 4 is 23.5 Å². The van der Waals surface area contributed by atoms with Gasteiger partial charge < -0.3 is 23.7 Å². The number of ether oxygens (including phenoxy) is 3. The summed E-state index contributed by atoms with van der Waals surface area (Å²) in [6, 6.07) is 1.53. The van der Waals surface area contributed by atoms with Crippen molar-refractivity contribution in [1.82, 2.24) is 0 Å². The Hall–Kier alpha value is -3.04. The van der Waals surface area contributed by atoms with Crippen LogP contribution >= 0.6 is 0 Å². The van der Waals surface area contributed by atoms with Gasteiger partial charge in [0.2, 0.25) is 0 Å². The Morgan fingerprint density at radius 3 is 2.44 bits per heavy atom. The molecule has 1 aromatic heterocycles. The van der Waals surface area contributed by atoms with Crippen LogP contribution in [0.2, 0.25) is 0 Å². The van der Waals surface area contributed by atoms with Gasteiger partial charge in [0.25, 0.3) is 0 Å². The summed E-state index contributed by atoms with van der Waals surface area (Å²) in [6.45, 7) is 8.23. The average molecular weight is 501 g/mol. The normalized spacial score (nSPS) is 36.9. The molecule has 6 unspecified atom stereocenters. The number of methoxy groups -OCH3 is 1. The third-order valence-corrected chi connectivity index (χ3v) is 8.43. The van der Waals surface area contributed by atoms with Gasteiger partial charge in [-0.25, -0.2) is 9.59 Å². The van der Waals surface area contributed by atoms with E-state index in [1.807, 2.05) is 0 Å². The molecule has 0 amide bonds. The number of Topliss-reactive ketones (excluding diaryl/α,β-unsaturated/α-hetero) is 1. The molecule has 2 fully saturated rings. The van der Waals surface area contributed by atoms with Crippen molar-refractivity contribution in [3.05, 3.63) is 48.0 Å². The lowest BCUT2D eigenvalue weighted by Gasteiger charge is -2.54. The van der Waals surface area contributed by atoms with E-state index < -0.39 is 57.9 Å². The molecule has 36 heavy (non-hydrogen) atoms. The minimum absolute atomic E-state index is 0.266. The number of hydrogen-bond donors (Lipinski definition) is 1. The number of rotatable bonds is 6. The molecule has 1 saturated heterocycles. The molecule has 0 aromatic carbocycles. The predicted molar refractivity (Wildman–Crippen MR) is 126 cm³/mol. The average Bonchev–Trinajstić information content (AvgIpc) is 3.34. The van der Waals surface area contributed by atoms with E-state index in [0.717, 1.165) is 0 Å². The van der Waals surface area contributed by atoms with Gasteiger partial charge in [-0.3, -0.25) is 9.59 Å². The van der Waals surface area contributed by atoms with Crippen molar-refractivity contribution in [3.8, 4) is 0 Å². The maximum absolute atomic E-state index is 14.3. The van der Waals surface area contributed by atoms with Gasteiger partial charge in [-0.05, 0) is 71.3 Å². The number of esters is 2. The molecule has 1 aliphatic carbocycles. The van der Waals surface area contributed by atoms with Gasteiger partial charge in [-0.1, -0.05) is 0 Å². The zero-order chi connectivity index (χ0) is 26.7. The van der Waals surface area contributed by atoms with Crippen LogP contribution in [0.15, 0.2) is 46.8 Å². The van der Waals surface area contributed by atoms with Crippen LogP contribution in [0.4, 0.5) is 0 Å². The molecular weight excluding hydrogens is 468 g/mol. The second-order valence-electron chi connectivity index (χ2n) is 10.7. The summed E-state index contributed by atoms with van der Waals surface area (Å²) in [5, 5.41) is 10.8. The molecule has 6 atom stereocenters. The molecule has 0 radical (unpaired) electrons. The summed E-state index contributed by atoms with van der Waals surface area (Å²) < 4.78 is 21.6. The minimum Gasteiger partial charge on any atom is -0.472 e. The maximum Gasteiger partial charge on any atom is 0.338 e. The highest BCUT2D eigenvalue weighted by molar-refractivity contribution is 6.06. The van der Waals surface area contributed by atoms with Gasteiger partial charge in [0, 0.05) is 12.0 Å². The lowest BCUT2D eigenvalue weighted by Crippen LogP contribution is -2.65. The zero-order valence-corrected chi connectivity index (χ0v) is 21.3. The number of aliphatic hydroxyl groups is 1. The first-order valence-electron chi connectivity index (χ1n) is 11.9. The summed E-state index contributed by atoms with van der Waals surface area (Å²) in [5.74, 6) is -2.64. The fourth-order valence-corrected chi connectivity index (χ4v) is 6.35. The van der Waals surface area contributed by atoms with Gasteiger partial charge >= 0.3 is 11.9 Å². The van der Waals surface area contributed by atoms with E-state index in [1.54, 1.807) is 34.6 Å². The smallest absolute Gasteiger partial charge is 0.338 e. The molecule has 9 nitrogen and oxygen atoms in total. The monoisotopic (exact) mass is 500 g/mol. The lowest BCUT2D eigenvalue weighted by molar-refractivity contribution is -0.151. The number of allylic oxidation sites excluding steroid dienone is 1. The largest absolute Gasteiger partial charge is 0.472 e. The quantitative estimate of drug-likeness (QED) is 0.271. The van der Waals surface area contributed by atoms with E-state index >= 15 is 0 Å². The first-order chi connectivity index (χ1) is 16.8. The number of cyclic esters (lactones) is 1. The Morgan fingerprint density at radius 1 is 1.19 bits per heavy atom. The van der Waals surface area contributed by atoms with Crippen LogP contribution in [0.3, 0.4) is 0 Å². The molecule has 1 spiro atoms.